The number of hydrogen-bond acceptors (Lipinski definition) is 4. The maximum Gasteiger partial charge on any atom is 0.159 e. The van der Waals surface area contributed by atoms with Crippen LogP contribution in [0.2, 0.25) is 0 Å². The Balaban J connectivity index is 2.08. The van der Waals surface area contributed by atoms with Crippen LogP contribution in [0, 0.1) is 0 Å². The quantitative estimate of drug-likeness (QED) is 0.308. The second kappa shape index (κ2) is 10.3. The van der Waals surface area contributed by atoms with Gasteiger partial charge in [-0.15, -0.1) is 0 Å². The molecule has 0 radical (unpaired) electrons. The van der Waals surface area contributed by atoms with E-state index in [9.17, 15) is 19.8 Å². The summed E-state index contributed by atoms with van der Waals surface area (Å²) in [7, 11) is 0. The van der Waals surface area contributed by atoms with Gasteiger partial charge in [-0.25, -0.2) is 0 Å². The van der Waals surface area contributed by atoms with Crippen LogP contribution in [0.5, 0.6) is 0 Å². The number of carbonyl (C=O) groups excluding carboxylic acids is 2. The summed E-state index contributed by atoms with van der Waals surface area (Å²) < 4.78 is 0. The lowest BCUT2D eigenvalue weighted by atomic mass is 9.84. The van der Waals surface area contributed by atoms with E-state index in [0.717, 1.165) is 56.6 Å². The van der Waals surface area contributed by atoms with Crippen molar-refractivity contribution >= 4 is 33.1 Å². The molecule has 4 aromatic rings. The highest BCUT2D eigenvalue weighted by Crippen LogP contribution is 2.40. The highest BCUT2D eigenvalue weighted by Gasteiger charge is 2.18. The van der Waals surface area contributed by atoms with E-state index in [4.69, 9.17) is 0 Å². The van der Waals surface area contributed by atoms with Gasteiger partial charge in [-0.05, 0) is 95.5 Å². The van der Waals surface area contributed by atoms with Crippen LogP contribution in [0.15, 0.2) is 60.7 Å². The Labute approximate surface area is 199 Å². The number of aliphatic hydroxyl groups excluding tert-OH is 2. The Hall–Kier alpha value is -3.34. The molecule has 0 aliphatic heterocycles. The summed E-state index contributed by atoms with van der Waals surface area (Å²) in [5.74, 6) is 0.0525. The first-order chi connectivity index (χ1) is 16.4. The van der Waals surface area contributed by atoms with E-state index in [1.165, 1.54) is 0 Å². The fourth-order valence-electron chi connectivity index (χ4n) is 4.73. The number of benzene rings is 4. The molecule has 0 aliphatic carbocycles. The molecule has 0 saturated heterocycles. The topological polar surface area (TPSA) is 74.6 Å². The van der Waals surface area contributed by atoms with E-state index in [0.29, 0.717) is 24.0 Å². The highest BCUT2D eigenvalue weighted by atomic mass is 16.3. The average molecular weight is 455 g/mol. The molecular formula is C30H30O4. The minimum atomic E-state index is 0.0263. The van der Waals surface area contributed by atoms with Gasteiger partial charge in [0.1, 0.15) is 0 Å². The Morgan fingerprint density at radius 1 is 0.618 bits per heavy atom. The molecule has 0 amide bonds. The zero-order chi connectivity index (χ0) is 24.2. The second-order valence-electron chi connectivity index (χ2n) is 8.84. The number of ketones is 2. The van der Waals surface area contributed by atoms with Crippen molar-refractivity contribution in [2.24, 2.45) is 0 Å². The first kappa shape index (κ1) is 23.8. The molecule has 174 valence electrons. The van der Waals surface area contributed by atoms with Crippen LogP contribution in [0.1, 0.15) is 58.5 Å². The lowest BCUT2D eigenvalue weighted by Crippen LogP contribution is -2.01. The summed E-state index contributed by atoms with van der Waals surface area (Å²) in [6, 6.07) is 19.9. The fourth-order valence-corrected chi connectivity index (χ4v) is 4.73. The minimum Gasteiger partial charge on any atom is -0.396 e. The van der Waals surface area contributed by atoms with Crippen molar-refractivity contribution in [2.75, 3.05) is 13.2 Å². The number of aliphatic hydroxyl groups is 2. The third kappa shape index (κ3) is 4.65. The van der Waals surface area contributed by atoms with Gasteiger partial charge in [0.15, 0.2) is 11.6 Å². The molecule has 0 fully saturated rings. The van der Waals surface area contributed by atoms with Crippen LogP contribution in [-0.2, 0) is 12.8 Å². The Morgan fingerprint density at radius 3 is 1.38 bits per heavy atom. The highest BCUT2D eigenvalue weighted by molar-refractivity contribution is 6.10. The number of Topliss-reactive ketones (excluding diaryl/α,β-unsaturated/α-hetero) is 2. The molecule has 4 heteroatoms. The lowest BCUT2D eigenvalue weighted by molar-refractivity contribution is 0.100. The molecule has 0 aromatic heterocycles. The van der Waals surface area contributed by atoms with Gasteiger partial charge in [0.2, 0.25) is 0 Å². The summed E-state index contributed by atoms with van der Waals surface area (Å²) in [6.07, 6.45) is 2.74. The van der Waals surface area contributed by atoms with E-state index in [1.54, 1.807) is 13.8 Å². The van der Waals surface area contributed by atoms with Crippen molar-refractivity contribution < 1.29 is 19.8 Å². The van der Waals surface area contributed by atoms with E-state index < -0.39 is 0 Å². The molecule has 4 rings (SSSR count). The molecule has 0 bridgehead atoms. The van der Waals surface area contributed by atoms with Crippen LogP contribution in [-0.4, -0.2) is 35.0 Å². The first-order valence-electron chi connectivity index (χ1n) is 11.8. The Kier molecular flexibility index (Phi) is 7.20. The number of carbonyl (C=O) groups is 2. The Bertz CT molecular complexity index is 1280. The van der Waals surface area contributed by atoms with Crippen molar-refractivity contribution in [2.45, 2.75) is 39.5 Å². The zero-order valence-corrected chi connectivity index (χ0v) is 19.7. The predicted molar refractivity (Wildman–Crippen MR) is 138 cm³/mol. The lowest BCUT2D eigenvalue weighted by Gasteiger charge is -2.20. The van der Waals surface area contributed by atoms with Crippen LogP contribution in [0.4, 0.5) is 0 Å². The zero-order valence-electron chi connectivity index (χ0n) is 19.7. The summed E-state index contributed by atoms with van der Waals surface area (Å²) in [4.78, 5) is 24.0. The smallest absolute Gasteiger partial charge is 0.159 e. The monoisotopic (exact) mass is 454 g/mol. The van der Waals surface area contributed by atoms with Gasteiger partial charge in [0.05, 0.1) is 0 Å². The molecule has 0 atom stereocenters. The van der Waals surface area contributed by atoms with E-state index in [-0.39, 0.29) is 24.8 Å². The van der Waals surface area contributed by atoms with Gasteiger partial charge in [-0.2, -0.15) is 0 Å². The molecule has 2 N–H and O–H groups in total. The Morgan fingerprint density at radius 2 is 1.03 bits per heavy atom. The van der Waals surface area contributed by atoms with Gasteiger partial charge in [-0.1, -0.05) is 48.5 Å². The van der Waals surface area contributed by atoms with E-state index >= 15 is 0 Å². The van der Waals surface area contributed by atoms with Crippen molar-refractivity contribution in [3.05, 3.63) is 82.9 Å². The molecule has 34 heavy (non-hydrogen) atoms. The minimum absolute atomic E-state index is 0.0263. The fraction of sp³-hybridized carbons (Fsp3) is 0.267. The summed E-state index contributed by atoms with van der Waals surface area (Å²) in [5.41, 5.74) is 5.79. The molecule has 0 unspecified atom stereocenters. The molecular weight excluding hydrogens is 424 g/mol. The standard InChI is InChI=1S/C30H30O4/c1-19(33)23-11-13-27-25(17-23)9-7-21(5-3-15-31)29(27)30-22(6-4-16-32)8-10-26-18-24(20(2)34)12-14-28(26)30/h7-14,17-18,31-32H,3-6,15-16H2,1-2H3. The first-order valence-corrected chi connectivity index (χ1v) is 11.8. The second-order valence-corrected chi connectivity index (χ2v) is 8.84. The normalized spacial score (nSPS) is 11.3. The van der Waals surface area contributed by atoms with Crippen LogP contribution in [0.25, 0.3) is 32.7 Å². The SMILES string of the molecule is CC(=O)c1ccc2c(-c3c(CCCO)ccc4cc(C(C)=O)ccc34)c(CCCO)ccc2c1. The van der Waals surface area contributed by atoms with Crippen molar-refractivity contribution in [3.8, 4) is 11.1 Å². The van der Waals surface area contributed by atoms with Crippen molar-refractivity contribution in [3.63, 3.8) is 0 Å². The van der Waals surface area contributed by atoms with Gasteiger partial charge in [0, 0.05) is 24.3 Å². The predicted octanol–water partition coefficient (Wildman–Crippen LogP) is 5.92. The molecule has 0 heterocycles. The van der Waals surface area contributed by atoms with E-state index in [1.807, 2.05) is 48.5 Å². The van der Waals surface area contributed by atoms with E-state index in [2.05, 4.69) is 12.1 Å². The maximum atomic E-state index is 12.0. The molecule has 0 aliphatic rings. The van der Waals surface area contributed by atoms with Crippen LogP contribution < -0.4 is 0 Å². The van der Waals surface area contributed by atoms with Gasteiger partial charge >= 0.3 is 0 Å². The largest absolute Gasteiger partial charge is 0.396 e. The van der Waals surface area contributed by atoms with Crippen LogP contribution >= 0.6 is 0 Å². The van der Waals surface area contributed by atoms with Crippen LogP contribution in [0.3, 0.4) is 0 Å². The van der Waals surface area contributed by atoms with Gasteiger partial charge in [0.25, 0.3) is 0 Å². The van der Waals surface area contributed by atoms with Crippen molar-refractivity contribution in [1.82, 2.24) is 0 Å². The number of hydrogen-bond donors (Lipinski definition) is 2. The molecule has 4 nitrogen and oxygen atoms in total. The average Bonchev–Trinajstić information content (AvgIpc) is 2.84. The number of aryl methyl sites for hydroxylation is 2. The number of fused-ring (bicyclic) bond motifs is 2. The molecule has 0 saturated carbocycles. The molecule has 0 spiro atoms. The third-order valence-corrected chi connectivity index (χ3v) is 6.48. The maximum absolute atomic E-state index is 12.0. The summed E-state index contributed by atoms with van der Waals surface area (Å²) >= 11 is 0. The third-order valence-electron chi connectivity index (χ3n) is 6.48. The van der Waals surface area contributed by atoms with Crippen molar-refractivity contribution in [1.29, 1.82) is 0 Å². The van der Waals surface area contributed by atoms with Gasteiger partial charge < -0.3 is 10.2 Å². The summed E-state index contributed by atoms with van der Waals surface area (Å²) in [6.45, 7) is 3.36. The molecule has 4 aromatic carbocycles. The summed E-state index contributed by atoms with van der Waals surface area (Å²) in [5, 5.41) is 23.1. The van der Waals surface area contributed by atoms with Gasteiger partial charge in [-0.3, -0.25) is 9.59 Å². The number of rotatable bonds is 9.